The Morgan fingerprint density at radius 2 is 1.81 bits per heavy atom. The van der Waals surface area contributed by atoms with E-state index in [-0.39, 0.29) is 11.5 Å². The van der Waals surface area contributed by atoms with Crippen LogP contribution < -0.4 is 10.6 Å². The zero-order valence-electron chi connectivity index (χ0n) is 15.7. The van der Waals surface area contributed by atoms with E-state index in [0.717, 1.165) is 31.8 Å². The maximum Gasteiger partial charge on any atom is 0.191 e. The zero-order chi connectivity index (χ0) is 18.0. The van der Waals surface area contributed by atoms with Crippen LogP contribution in [0.3, 0.4) is 0 Å². The fourth-order valence-electron chi connectivity index (χ4n) is 4.90. The highest BCUT2D eigenvalue weighted by atomic mass is 32.2. The Morgan fingerprint density at radius 1 is 1.04 bits per heavy atom. The second-order valence-electron chi connectivity index (χ2n) is 8.80. The van der Waals surface area contributed by atoms with Crippen molar-refractivity contribution in [3.8, 4) is 0 Å². The lowest BCUT2D eigenvalue weighted by Crippen LogP contribution is -2.54. The maximum absolute atomic E-state index is 11.7. The van der Waals surface area contributed by atoms with Crippen molar-refractivity contribution in [3.63, 3.8) is 0 Å². The third kappa shape index (κ3) is 4.53. The molecule has 148 valence electrons. The lowest BCUT2D eigenvalue weighted by Gasteiger charge is -2.47. The van der Waals surface area contributed by atoms with Gasteiger partial charge in [-0.25, -0.2) is 8.42 Å². The fraction of sp³-hybridized carbons (Fsp3) is 0.947. The number of aliphatic imine (C=N–C) groups is 1. The molecule has 2 atom stereocenters. The van der Waals surface area contributed by atoms with Crippen molar-refractivity contribution in [1.29, 1.82) is 0 Å². The molecule has 0 aromatic carbocycles. The van der Waals surface area contributed by atoms with Crippen molar-refractivity contribution in [2.75, 3.05) is 24.7 Å². The zero-order valence-corrected chi connectivity index (χ0v) is 16.5. The number of nitrogens with one attached hydrogen (secondary N) is 2. The van der Waals surface area contributed by atoms with Crippen LogP contribution in [-0.2, 0) is 14.6 Å². The molecular weight excluding hydrogens is 350 g/mol. The van der Waals surface area contributed by atoms with Crippen molar-refractivity contribution >= 4 is 15.8 Å². The molecule has 0 amide bonds. The largest absolute Gasteiger partial charge is 0.375 e. The lowest BCUT2D eigenvalue weighted by molar-refractivity contribution is -0.134. The third-order valence-electron chi connectivity index (χ3n) is 6.63. The summed E-state index contributed by atoms with van der Waals surface area (Å²) in [6.45, 7) is 1.44. The van der Waals surface area contributed by atoms with Crippen LogP contribution in [0.15, 0.2) is 4.99 Å². The van der Waals surface area contributed by atoms with Gasteiger partial charge in [0.2, 0.25) is 0 Å². The minimum Gasteiger partial charge on any atom is -0.375 e. The molecule has 26 heavy (non-hydrogen) atoms. The van der Waals surface area contributed by atoms with Crippen LogP contribution in [0.25, 0.3) is 0 Å². The standard InChI is InChI=1S/C19H33N3O3S/c23-26(24)11-7-15(14-26)13-20-18(21-16-4-1-2-5-16)22-17-6-10-25-19(12-17)8-3-9-19/h15-17H,1-14H2,(H2,20,21,22). The van der Waals surface area contributed by atoms with E-state index in [1.807, 2.05) is 0 Å². The summed E-state index contributed by atoms with van der Waals surface area (Å²) in [5.74, 6) is 1.69. The first kappa shape index (κ1) is 18.5. The van der Waals surface area contributed by atoms with Gasteiger partial charge in [0.1, 0.15) is 0 Å². The third-order valence-corrected chi connectivity index (χ3v) is 8.47. The Kier molecular flexibility index (Phi) is 5.46. The lowest BCUT2D eigenvalue weighted by atomic mass is 9.74. The molecule has 2 saturated heterocycles. The van der Waals surface area contributed by atoms with Crippen LogP contribution in [0, 0.1) is 5.92 Å². The number of hydrogen-bond donors (Lipinski definition) is 2. The van der Waals surface area contributed by atoms with Crippen molar-refractivity contribution in [1.82, 2.24) is 10.6 Å². The van der Waals surface area contributed by atoms with Crippen LogP contribution in [0.5, 0.6) is 0 Å². The molecule has 0 radical (unpaired) electrons. The topological polar surface area (TPSA) is 79.8 Å². The van der Waals surface area contributed by atoms with Crippen LogP contribution in [0.4, 0.5) is 0 Å². The molecule has 4 aliphatic rings. The van der Waals surface area contributed by atoms with Crippen LogP contribution >= 0.6 is 0 Å². The maximum atomic E-state index is 11.7. The molecule has 0 aromatic heterocycles. The molecule has 2 aliphatic carbocycles. The van der Waals surface area contributed by atoms with Gasteiger partial charge in [0.25, 0.3) is 0 Å². The quantitative estimate of drug-likeness (QED) is 0.573. The average Bonchev–Trinajstić information content (AvgIpc) is 3.20. The molecule has 6 nitrogen and oxygen atoms in total. The van der Waals surface area contributed by atoms with Crippen LogP contribution in [-0.4, -0.2) is 56.7 Å². The molecule has 2 saturated carbocycles. The second kappa shape index (κ2) is 7.66. The number of ether oxygens (including phenoxy) is 1. The summed E-state index contributed by atoms with van der Waals surface area (Å²) in [5.41, 5.74) is 0.119. The first-order valence-electron chi connectivity index (χ1n) is 10.4. The monoisotopic (exact) mass is 383 g/mol. The highest BCUT2D eigenvalue weighted by Crippen LogP contribution is 2.42. The Morgan fingerprint density at radius 3 is 2.46 bits per heavy atom. The summed E-state index contributed by atoms with van der Waals surface area (Å²) >= 11 is 0. The highest BCUT2D eigenvalue weighted by Gasteiger charge is 2.42. The van der Waals surface area contributed by atoms with Crippen LogP contribution in [0.2, 0.25) is 0 Å². The summed E-state index contributed by atoms with van der Waals surface area (Å²) in [6.07, 6.45) is 11.5. The number of sulfone groups is 1. The van der Waals surface area contributed by atoms with Crippen molar-refractivity contribution in [2.24, 2.45) is 10.9 Å². The van der Waals surface area contributed by atoms with E-state index in [1.165, 1.54) is 44.9 Å². The summed E-state index contributed by atoms with van der Waals surface area (Å²) in [4.78, 5) is 4.81. The van der Waals surface area contributed by atoms with Crippen molar-refractivity contribution < 1.29 is 13.2 Å². The molecule has 2 unspecified atom stereocenters. The van der Waals surface area contributed by atoms with Crippen LogP contribution in [0.1, 0.15) is 64.2 Å². The SMILES string of the molecule is O=S1(=O)CCC(CN=C(NC2CCCC2)NC2CCOC3(CCC3)C2)C1. The smallest absolute Gasteiger partial charge is 0.191 e. The molecule has 7 heteroatoms. The molecule has 4 fully saturated rings. The van der Waals surface area contributed by atoms with Gasteiger partial charge in [-0.05, 0) is 57.3 Å². The van der Waals surface area contributed by atoms with Gasteiger partial charge in [0.05, 0.1) is 17.1 Å². The number of hydrogen-bond acceptors (Lipinski definition) is 4. The van der Waals surface area contributed by atoms with E-state index in [0.29, 0.717) is 30.1 Å². The highest BCUT2D eigenvalue weighted by molar-refractivity contribution is 7.91. The van der Waals surface area contributed by atoms with Gasteiger partial charge < -0.3 is 15.4 Å². The van der Waals surface area contributed by atoms with E-state index >= 15 is 0 Å². The Bertz CT molecular complexity index is 624. The van der Waals surface area contributed by atoms with E-state index in [9.17, 15) is 8.42 Å². The number of nitrogens with zero attached hydrogens (tertiary/aromatic N) is 1. The predicted molar refractivity (Wildman–Crippen MR) is 103 cm³/mol. The number of guanidine groups is 1. The molecule has 0 bridgehead atoms. The fourth-order valence-corrected chi connectivity index (χ4v) is 6.75. The molecular formula is C19H33N3O3S. The molecule has 0 aromatic rings. The van der Waals surface area contributed by atoms with E-state index in [2.05, 4.69) is 10.6 Å². The molecule has 2 N–H and O–H groups in total. The second-order valence-corrected chi connectivity index (χ2v) is 11.0. The van der Waals surface area contributed by atoms with Gasteiger partial charge >= 0.3 is 0 Å². The van der Waals surface area contributed by atoms with Gasteiger partial charge in [-0.2, -0.15) is 0 Å². The van der Waals surface area contributed by atoms with E-state index < -0.39 is 9.84 Å². The normalized spacial score (nSPS) is 33.9. The summed E-state index contributed by atoms with van der Waals surface area (Å²) in [7, 11) is -2.83. The molecule has 1 spiro atoms. The minimum absolute atomic E-state index is 0.119. The molecule has 2 heterocycles. The molecule has 4 rings (SSSR count). The summed E-state index contributed by atoms with van der Waals surface area (Å²) in [5, 5.41) is 7.28. The number of rotatable bonds is 4. The predicted octanol–water partition coefficient (Wildman–Crippen LogP) is 2.00. The van der Waals surface area contributed by atoms with E-state index in [1.54, 1.807) is 0 Å². The van der Waals surface area contributed by atoms with Gasteiger partial charge in [-0.1, -0.05) is 12.8 Å². The Hall–Kier alpha value is -0.820. The van der Waals surface area contributed by atoms with Gasteiger partial charge in [0.15, 0.2) is 15.8 Å². The van der Waals surface area contributed by atoms with Crippen molar-refractivity contribution in [2.45, 2.75) is 81.9 Å². The molecule has 2 aliphatic heterocycles. The Labute approximate surface area is 157 Å². The van der Waals surface area contributed by atoms with Gasteiger partial charge in [-0.3, -0.25) is 4.99 Å². The first-order valence-corrected chi connectivity index (χ1v) is 12.3. The van der Waals surface area contributed by atoms with E-state index in [4.69, 9.17) is 9.73 Å². The summed E-state index contributed by atoms with van der Waals surface area (Å²) in [6, 6.07) is 0.912. The average molecular weight is 384 g/mol. The van der Waals surface area contributed by atoms with Gasteiger partial charge in [-0.15, -0.1) is 0 Å². The first-order chi connectivity index (χ1) is 12.5. The Balaban J connectivity index is 1.37. The summed E-state index contributed by atoms with van der Waals surface area (Å²) < 4.78 is 29.4. The minimum atomic E-state index is -2.83. The van der Waals surface area contributed by atoms with Crippen molar-refractivity contribution in [3.05, 3.63) is 0 Å². The van der Waals surface area contributed by atoms with Gasteiger partial charge in [0, 0.05) is 25.2 Å².